The number of aryl methyl sites for hydroxylation is 1. The van der Waals surface area contributed by atoms with Gasteiger partial charge in [0.25, 0.3) is 0 Å². The number of thioether (sulfide) groups is 1. The lowest BCUT2D eigenvalue weighted by atomic mass is 9.99. The molecule has 236 valence electrons. The molecule has 1 N–H and O–H groups in total. The van der Waals surface area contributed by atoms with Gasteiger partial charge < -0.3 is 19.3 Å². The number of nitrogens with zero attached hydrogens (tertiary/aromatic N) is 4. The summed E-state index contributed by atoms with van der Waals surface area (Å²) in [5.41, 5.74) is 5.43. The van der Waals surface area contributed by atoms with E-state index in [0.717, 1.165) is 65.8 Å². The number of benzene rings is 3. The van der Waals surface area contributed by atoms with E-state index >= 15 is 0 Å². The van der Waals surface area contributed by atoms with Crippen molar-refractivity contribution in [3.05, 3.63) is 83.7 Å². The van der Waals surface area contributed by atoms with Crippen LogP contribution in [0.4, 0.5) is 10.5 Å². The lowest BCUT2D eigenvalue weighted by Gasteiger charge is -2.30. The zero-order valence-electron chi connectivity index (χ0n) is 26.1. The maximum atomic E-state index is 13.9. The average Bonchev–Trinajstić information content (AvgIpc) is 3.69. The highest BCUT2D eigenvalue weighted by atomic mass is 32.2. The first-order valence-corrected chi connectivity index (χ1v) is 16.7. The molecular weight excluding hydrogens is 588 g/mol. The van der Waals surface area contributed by atoms with Crippen molar-refractivity contribution in [1.82, 2.24) is 14.5 Å². The van der Waals surface area contributed by atoms with E-state index in [4.69, 9.17) is 9.72 Å². The zero-order chi connectivity index (χ0) is 31.9. The molecule has 1 atom stereocenters. The quantitative estimate of drug-likeness (QED) is 0.167. The molecule has 2 amide bonds. The lowest BCUT2D eigenvalue weighted by Crippen LogP contribution is -2.49. The van der Waals surface area contributed by atoms with Crippen molar-refractivity contribution in [3.8, 4) is 11.1 Å². The van der Waals surface area contributed by atoms with Crippen LogP contribution in [0.1, 0.15) is 61.3 Å². The molecule has 0 radical (unpaired) electrons. The number of carbonyl (C=O) groups excluding carboxylic acids is 2. The third-order valence-corrected chi connectivity index (χ3v) is 9.22. The van der Waals surface area contributed by atoms with Crippen LogP contribution in [0.2, 0.25) is 0 Å². The first-order valence-electron chi connectivity index (χ1n) is 15.5. The van der Waals surface area contributed by atoms with Gasteiger partial charge >= 0.3 is 18.0 Å². The third kappa shape index (κ3) is 7.01. The Morgan fingerprint density at radius 1 is 1.02 bits per heavy atom. The molecular formula is C35H40N4O5S. The number of urea groups is 1. The highest BCUT2D eigenvalue weighted by Gasteiger charge is 2.38. The summed E-state index contributed by atoms with van der Waals surface area (Å²) in [5, 5.41) is 9.65. The molecule has 1 unspecified atom stereocenters. The summed E-state index contributed by atoms with van der Waals surface area (Å²) in [5.74, 6) is 0.600. The van der Waals surface area contributed by atoms with Crippen LogP contribution in [-0.4, -0.2) is 68.9 Å². The Balaban J connectivity index is 1.50. The maximum absolute atomic E-state index is 13.9. The summed E-state index contributed by atoms with van der Waals surface area (Å²) in [6, 6.07) is 20.2. The Labute approximate surface area is 268 Å². The summed E-state index contributed by atoms with van der Waals surface area (Å²) in [6.45, 7) is 5.37. The van der Waals surface area contributed by atoms with E-state index in [1.807, 2.05) is 54.6 Å². The number of anilines is 1. The third-order valence-electron chi connectivity index (χ3n) is 8.21. The highest BCUT2D eigenvalue weighted by Crippen LogP contribution is 2.30. The SMILES string of the molecule is CCCCc1nc2ccc(N(CCCC)C(=O)N3CSCC3C(=O)OC)cc2n1Cc1ccc(-c2ccccc2C(=O)O)cc1. The number of hydrogen-bond donors (Lipinski definition) is 1. The second-order valence-corrected chi connectivity index (χ2v) is 12.2. The number of hydrogen-bond acceptors (Lipinski definition) is 6. The Bertz CT molecular complexity index is 1670. The number of ether oxygens (including phenoxy) is 1. The summed E-state index contributed by atoms with van der Waals surface area (Å²) in [4.78, 5) is 46.5. The van der Waals surface area contributed by atoms with Crippen LogP contribution >= 0.6 is 11.8 Å². The minimum Gasteiger partial charge on any atom is -0.478 e. The number of amides is 2. The summed E-state index contributed by atoms with van der Waals surface area (Å²) >= 11 is 1.55. The molecule has 1 aliphatic heterocycles. The largest absolute Gasteiger partial charge is 0.478 e. The van der Waals surface area contributed by atoms with Crippen LogP contribution in [0.5, 0.6) is 0 Å². The van der Waals surface area contributed by atoms with E-state index < -0.39 is 18.0 Å². The van der Waals surface area contributed by atoms with Crippen molar-refractivity contribution >= 4 is 46.5 Å². The summed E-state index contributed by atoms with van der Waals surface area (Å²) in [6.07, 6.45) is 4.62. The van der Waals surface area contributed by atoms with Crippen LogP contribution in [0, 0.1) is 0 Å². The fourth-order valence-electron chi connectivity index (χ4n) is 5.69. The normalized spacial score (nSPS) is 14.6. The van der Waals surface area contributed by atoms with Crippen molar-refractivity contribution in [2.75, 3.05) is 30.2 Å². The molecule has 45 heavy (non-hydrogen) atoms. The van der Waals surface area contributed by atoms with Gasteiger partial charge in [-0.2, -0.15) is 0 Å². The number of carboxylic acid groups (broad SMARTS) is 1. The molecule has 9 nitrogen and oxygen atoms in total. The van der Waals surface area contributed by atoms with Crippen LogP contribution in [0.25, 0.3) is 22.2 Å². The molecule has 2 heterocycles. The van der Waals surface area contributed by atoms with Crippen molar-refractivity contribution in [2.45, 2.75) is 58.5 Å². The fourth-order valence-corrected chi connectivity index (χ4v) is 6.83. The van der Waals surface area contributed by atoms with Gasteiger partial charge in [-0.05, 0) is 53.8 Å². The number of aromatic carboxylic acids is 1. The number of carboxylic acids is 1. The van der Waals surface area contributed by atoms with Crippen molar-refractivity contribution in [2.24, 2.45) is 0 Å². The first kappa shape index (κ1) is 32.1. The maximum Gasteiger partial charge on any atom is 0.336 e. The number of unbranched alkanes of at least 4 members (excludes halogenated alkanes) is 2. The molecule has 0 bridgehead atoms. The Kier molecular flexibility index (Phi) is 10.4. The van der Waals surface area contributed by atoms with E-state index in [1.54, 1.807) is 33.7 Å². The minimum absolute atomic E-state index is 0.197. The van der Waals surface area contributed by atoms with Gasteiger partial charge in [0, 0.05) is 31.0 Å². The number of aromatic nitrogens is 2. The minimum atomic E-state index is -0.952. The number of methoxy groups -OCH3 is 1. The van der Waals surface area contributed by atoms with Gasteiger partial charge in [-0.15, -0.1) is 11.8 Å². The van der Waals surface area contributed by atoms with Gasteiger partial charge in [0.15, 0.2) is 0 Å². The smallest absolute Gasteiger partial charge is 0.336 e. The molecule has 1 aliphatic rings. The summed E-state index contributed by atoms with van der Waals surface area (Å²) < 4.78 is 7.21. The van der Waals surface area contributed by atoms with Gasteiger partial charge in [0.1, 0.15) is 11.9 Å². The molecule has 1 fully saturated rings. The van der Waals surface area contributed by atoms with Crippen LogP contribution in [0.3, 0.4) is 0 Å². The Morgan fingerprint density at radius 3 is 2.49 bits per heavy atom. The monoisotopic (exact) mass is 628 g/mol. The molecule has 1 saturated heterocycles. The number of fused-ring (bicyclic) bond motifs is 1. The number of imidazole rings is 1. The van der Waals surface area contributed by atoms with E-state index in [9.17, 15) is 19.5 Å². The van der Waals surface area contributed by atoms with Crippen LogP contribution in [0.15, 0.2) is 66.7 Å². The van der Waals surface area contributed by atoms with Crippen LogP contribution < -0.4 is 4.90 Å². The van der Waals surface area contributed by atoms with E-state index in [0.29, 0.717) is 30.3 Å². The Morgan fingerprint density at radius 2 is 1.78 bits per heavy atom. The summed E-state index contributed by atoms with van der Waals surface area (Å²) in [7, 11) is 1.36. The average molecular weight is 629 g/mol. The molecule has 0 saturated carbocycles. The molecule has 4 aromatic rings. The Hall–Kier alpha value is -4.31. The van der Waals surface area contributed by atoms with Crippen molar-refractivity contribution in [3.63, 3.8) is 0 Å². The van der Waals surface area contributed by atoms with Gasteiger partial charge in [0.05, 0.1) is 29.6 Å². The number of rotatable bonds is 12. The van der Waals surface area contributed by atoms with E-state index in [-0.39, 0.29) is 11.6 Å². The lowest BCUT2D eigenvalue weighted by molar-refractivity contribution is -0.144. The molecule has 1 aromatic heterocycles. The topological polar surface area (TPSA) is 105 Å². The predicted molar refractivity (Wildman–Crippen MR) is 179 cm³/mol. The van der Waals surface area contributed by atoms with Crippen molar-refractivity contribution in [1.29, 1.82) is 0 Å². The number of carbonyl (C=O) groups is 3. The zero-order valence-corrected chi connectivity index (χ0v) is 26.9. The van der Waals surface area contributed by atoms with Gasteiger partial charge in [-0.25, -0.2) is 19.4 Å². The highest BCUT2D eigenvalue weighted by molar-refractivity contribution is 7.99. The molecule has 0 aliphatic carbocycles. The van der Waals surface area contributed by atoms with Gasteiger partial charge in [-0.1, -0.05) is 69.2 Å². The molecule has 5 rings (SSSR count). The number of esters is 1. The van der Waals surface area contributed by atoms with Crippen LogP contribution in [-0.2, 0) is 22.5 Å². The second kappa shape index (κ2) is 14.6. The molecule has 3 aromatic carbocycles. The van der Waals surface area contributed by atoms with Crippen molar-refractivity contribution < 1.29 is 24.2 Å². The molecule has 0 spiro atoms. The fraction of sp³-hybridized carbons (Fsp3) is 0.371. The van der Waals surface area contributed by atoms with E-state index in [2.05, 4.69) is 18.4 Å². The van der Waals surface area contributed by atoms with Gasteiger partial charge in [0.2, 0.25) is 0 Å². The second-order valence-electron chi connectivity index (χ2n) is 11.2. The van der Waals surface area contributed by atoms with Gasteiger partial charge in [-0.3, -0.25) is 4.90 Å². The standard InChI is InChI=1S/C35H40N4O5S/c1-4-6-12-32-36-29-18-17-26(37(19-7-5-2)35(43)39-23-45-22-31(39)34(42)44-3)20-30(29)38(32)21-24-13-15-25(16-14-24)27-10-8-9-11-28(27)33(40)41/h8-11,13-18,20,31H,4-7,12,19,21-23H2,1-3H3,(H,40,41). The first-order chi connectivity index (χ1) is 21.9. The van der Waals surface area contributed by atoms with E-state index in [1.165, 1.54) is 7.11 Å². The predicted octanol–water partition coefficient (Wildman–Crippen LogP) is 7.07. The molecule has 10 heteroatoms.